The fourth-order valence-corrected chi connectivity index (χ4v) is 5.94. The predicted octanol–water partition coefficient (Wildman–Crippen LogP) is 3.51. The Bertz CT molecular complexity index is 1080. The minimum Gasteiger partial charge on any atom is -0.486 e. The highest BCUT2D eigenvalue weighted by atomic mass is 32.2. The maximum absolute atomic E-state index is 13.5. The molecule has 154 valence electrons. The molecule has 4 rings (SSSR count). The molecule has 1 atom stereocenters. The molecule has 1 fully saturated rings. The number of nitro benzene ring substituents is 1. The maximum atomic E-state index is 13.5. The quantitative estimate of drug-likeness (QED) is 0.557. The Morgan fingerprint density at radius 1 is 1.10 bits per heavy atom. The maximum Gasteiger partial charge on any atom is 0.271 e. The zero-order valence-electron chi connectivity index (χ0n) is 16.3. The SMILES string of the molecule is Cc1cc([N+](=O)[O-])cc(S(=O)(=O)N2CCCC2c2ccc3c(c2)OCCO3)c1C. The molecule has 1 saturated heterocycles. The van der Waals surface area contributed by atoms with E-state index in [4.69, 9.17) is 9.47 Å². The molecule has 2 aromatic carbocycles. The first-order valence-corrected chi connectivity index (χ1v) is 10.9. The van der Waals surface area contributed by atoms with Crippen LogP contribution in [0.25, 0.3) is 0 Å². The van der Waals surface area contributed by atoms with Crippen LogP contribution in [0.3, 0.4) is 0 Å². The van der Waals surface area contributed by atoms with Crippen molar-refractivity contribution in [1.82, 2.24) is 4.31 Å². The summed E-state index contributed by atoms with van der Waals surface area (Å²) >= 11 is 0. The average molecular weight is 418 g/mol. The van der Waals surface area contributed by atoms with Crippen molar-refractivity contribution < 1.29 is 22.8 Å². The zero-order chi connectivity index (χ0) is 20.8. The Hall–Kier alpha value is -2.65. The lowest BCUT2D eigenvalue weighted by Gasteiger charge is -2.27. The van der Waals surface area contributed by atoms with Gasteiger partial charge in [0, 0.05) is 18.7 Å². The van der Waals surface area contributed by atoms with Gasteiger partial charge in [-0.15, -0.1) is 0 Å². The normalized spacial score (nSPS) is 19.3. The molecular formula is C20H22N2O6S. The summed E-state index contributed by atoms with van der Waals surface area (Å²) in [4.78, 5) is 10.7. The van der Waals surface area contributed by atoms with Gasteiger partial charge in [-0.2, -0.15) is 4.31 Å². The fourth-order valence-electron chi connectivity index (χ4n) is 3.94. The van der Waals surface area contributed by atoms with Crippen molar-refractivity contribution in [3.05, 3.63) is 57.1 Å². The average Bonchev–Trinajstić information content (AvgIpc) is 3.20. The van der Waals surface area contributed by atoms with Crippen LogP contribution < -0.4 is 9.47 Å². The topological polar surface area (TPSA) is 99.0 Å². The first-order chi connectivity index (χ1) is 13.8. The Kier molecular flexibility index (Phi) is 4.95. The van der Waals surface area contributed by atoms with Crippen LogP contribution in [-0.2, 0) is 10.0 Å². The molecule has 0 aliphatic carbocycles. The molecule has 0 N–H and O–H groups in total. The van der Waals surface area contributed by atoms with Crippen LogP contribution in [0, 0.1) is 24.0 Å². The first kappa shape index (κ1) is 19.7. The zero-order valence-corrected chi connectivity index (χ0v) is 17.1. The first-order valence-electron chi connectivity index (χ1n) is 9.46. The number of sulfonamides is 1. The molecule has 2 aliphatic rings. The summed E-state index contributed by atoms with van der Waals surface area (Å²) in [5.41, 5.74) is 1.72. The molecule has 0 aromatic heterocycles. The number of nitrogens with zero attached hydrogens (tertiary/aromatic N) is 2. The van der Waals surface area contributed by atoms with Gasteiger partial charge in [0.15, 0.2) is 11.5 Å². The summed E-state index contributed by atoms with van der Waals surface area (Å²) < 4.78 is 39.6. The van der Waals surface area contributed by atoms with E-state index in [1.54, 1.807) is 19.9 Å². The number of fused-ring (bicyclic) bond motifs is 1. The fraction of sp³-hybridized carbons (Fsp3) is 0.400. The Balaban J connectivity index is 1.75. The lowest BCUT2D eigenvalue weighted by atomic mass is 10.0. The van der Waals surface area contributed by atoms with Gasteiger partial charge in [0.1, 0.15) is 13.2 Å². The Morgan fingerprint density at radius 2 is 1.83 bits per heavy atom. The number of rotatable bonds is 4. The molecule has 9 heteroatoms. The Labute approximate surface area is 169 Å². The molecule has 0 saturated carbocycles. The summed E-state index contributed by atoms with van der Waals surface area (Å²) in [6, 6.07) is 7.70. The highest BCUT2D eigenvalue weighted by Gasteiger charge is 2.38. The van der Waals surface area contributed by atoms with E-state index in [2.05, 4.69) is 0 Å². The second-order valence-electron chi connectivity index (χ2n) is 7.32. The van der Waals surface area contributed by atoms with Crippen LogP contribution in [-0.4, -0.2) is 37.4 Å². The van der Waals surface area contributed by atoms with Crippen LogP contribution in [0.1, 0.15) is 35.6 Å². The van der Waals surface area contributed by atoms with Crippen molar-refractivity contribution in [2.75, 3.05) is 19.8 Å². The van der Waals surface area contributed by atoms with E-state index in [0.717, 1.165) is 11.6 Å². The van der Waals surface area contributed by atoms with E-state index in [0.29, 0.717) is 55.2 Å². The smallest absolute Gasteiger partial charge is 0.271 e. The van der Waals surface area contributed by atoms with E-state index < -0.39 is 14.9 Å². The van der Waals surface area contributed by atoms with Gasteiger partial charge >= 0.3 is 0 Å². The molecule has 2 heterocycles. The van der Waals surface area contributed by atoms with E-state index in [9.17, 15) is 18.5 Å². The van der Waals surface area contributed by atoms with Gasteiger partial charge in [0.2, 0.25) is 10.0 Å². The minimum absolute atomic E-state index is 0.00589. The lowest BCUT2D eigenvalue weighted by molar-refractivity contribution is -0.385. The van der Waals surface area contributed by atoms with Crippen LogP contribution in [0.2, 0.25) is 0 Å². The van der Waals surface area contributed by atoms with Crippen LogP contribution in [0.4, 0.5) is 5.69 Å². The van der Waals surface area contributed by atoms with Crippen molar-refractivity contribution >= 4 is 15.7 Å². The van der Waals surface area contributed by atoms with E-state index in [-0.39, 0.29) is 16.6 Å². The van der Waals surface area contributed by atoms with Gasteiger partial charge in [-0.25, -0.2) is 8.42 Å². The molecule has 2 aromatic rings. The second kappa shape index (κ2) is 7.31. The molecule has 0 spiro atoms. The number of hydrogen-bond donors (Lipinski definition) is 0. The van der Waals surface area contributed by atoms with Crippen molar-refractivity contribution in [3.8, 4) is 11.5 Å². The largest absolute Gasteiger partial charge is 0.486 e. The Morgan fingerprint density at radius 3 is 2.55 bits per heavy atom. The highest BCUT2D eigenvalue weighted by Crippen LogP contribution is 2.41. The van der Waals surface area contributed by atoms with Gasteiger partial charge in [-0.3, -0.25) is 10.1 Å². The highest BCUT2D eigenvalue weighted by molar-refractivity contribution is 7.89. The number of benzene rings is 2. The van der Waals surface area contributed by atoms with E-state index in [1.165, 1.54) is 10.4 Å². The van der Waals surface area contributed by atoms with Crippen LogP contribution in [0.15, 0.2) is 35.2 Å². The number of ether oxygens (including phenoxy) is 2. The predicted molar refractivity (Wildman–Crippen MR) is 106 cm³/mol. The van der Waals surface area contributed by atoms with Gasteiger partial charge in [0.25, 0.3) is 5.69 Å². The summed E-state index contributed by atoms with van der Waals surface area (Å²) in [5, 5.41) is 11.3. The van der Waals surface area contributed by atoms with E-state index >= 15 is 0 Å². The number of nitro groups is 1. The lowest BCUT2D eigenvalue weighted by Crippen LogP contribution is -2.31. The number of hydrogen-bond acceptors (Lipinski definition) is 6. The van der Waals surface area contributed by atoms with Crippen molar-refractivity contribution in [2.24, 2.45) is 0 Å². The monoisotopic (exact) mass is 418 g/mol. The minimum atomic E-state index is -3.91. The third kappa shape index (κ3) is 3.44. The third-order valence-electron chi connectivity index (χ3n) is 5.56. The summed E-state index contributed by atoms with van der Waals surface area (Å²) in [6.07, 6.45) is 1.39. The molecule has 2 aliphatic heterocycles. The van der Waals surface area contributed by atoms with Gasteiger partial charge in [-0.05, 0) is 55.5 Å². The number of aryl methyl sites for hydroxylation is 1. The standard InChI is InChI=1S/C20H22N2O6S/c1-13-10-16(22(23)24)12-20(14(13)2)29(25,26)21-7-3-4-17(21)15-5-6-18-19(11-15)28-9-8-27-18/h5-6,10-12,17H,3-4,7-9H2,1-2H3. The summed E-state index contributed by atoms with van der Waals surface area (Å²) in [7, 11) is -3.91. The molecule has 1 unspecified atom stereocenters. The van der Waals surface area contributed by atoms with Crippen molar-refractivity contribution in [3.63, 3.8) is 0 Å². The van der Waals surface area contributed by atoms with Gasteiger partial charge in [0.05, 0.1) is 15.9 Å². The molecule has 0 bridgehead atoms. The molecule has 8 nitrogen and oxygen atoms in total. The van der Waals surface area contributed by atoms with Crippen LogP contribution in [0.5, 0.6) is 11.5 Å². The summed E-state index contributed by atoms with van der Waals surface area (Å²) in [5.74, 6) is 1.26. The van der Waals surface area contributed by atoms with Crippen molar-refractivity contribution in [2.45, 2.75) is 37.6 Å². The van der Waals surface area contributed by atoms with Crippen LogP contribution >= 0.6 is 0 Å². The molecule has 29 heavy (non-hydrogen) atoms. The summed E-state index contributed by atoms with van der Waals surface area (Å²) in [6.45, 7) is 4.67. The van der Waals surface area contributed by atoms with Gasteiger partial charge in [-0.1, -0.05) is 6.07 Å². The molecule has 0 amide bonds. The van der Waals surface area contributed by atoms with Gasteiger partial charge < -0.3 is 9.47 Å². The molecular weight excluding hydrogens is 396 g/mol. The second-order valence-corrected chi connectivity index (χ2v) is 9.18. The van der Waals surface area contributed by atoms with Crippen molar-refractivity contribution in [1.29, 1.82) is 0 Å². The molecule has 0 radical (unpaired) electrons. The number of non-ortho nitro benzene ring substituents is 1. The third-order valence-corrected chi connectivity index (χ3v) is 7.59. The van der Waals surface area contributed by atoms with E-state index in [1.807, 2.05) is 12.1 Å².